The number of nitrogens with zero attached hydrogens (tertiary/aromatic N) is 6. The van der Waals surface area contributed by atoms with Crippen LogP contribution in [0.1, 0.15) is 0 Å². The molecule has 0 radical (unpaired) electrons. The number of hydrogen-bond donors (Lipinski definition) is 0. The molecular formula is C62H36N6. The van der Waals surface area contributed by atoms with Gasteiger partial charge in [-0.3, -0.25) is 0 Å². The van der Waals surface area contributed by atoms with Gasteiger partial charge in [0.2, 0.25) is 11.6 Å². The van der Waals surface area contributed by atoms with Gasteiger partial charge in [0.25, 0.3) is 0 Å². The molecule has 14 rings (SSSR count). The quantitative estimate of drug-likeness (QED) is 0.159. The minimum atomic E-state index is 0.351. The van der Waals surface area contributed by atoms with Gasteiger partial charge in [0.1, 0.15) is 0 Å². The molecule has 6 nitrogen and oxygen atoms in total. The van der Waals surface area contributed by atoms with E-state index in [1.54, 1.807) is 0 Å². The molecule has 0 spiro atoms. The van der Waals surface area contributed by atoms with Gasteiger partial charge < -0.3 is 0 Å². The fourth-order valence-electron chi connectivity index (χ4n) is 10.4. The van der Waals surface area contributed by atoms with Gasteiger partial charge in [-0.15, -0.1) is 0 Å². The van der Waals surface area contributed by atoms with Crippen LogP contribution in [-0.2, 0) is 0 Å². The Morgan fingerprint density at radius 3 is 0.838 bits per heavy atom. The van der Waals surface area contributed by atoms with Gasteiger partial charge in [-0.1, -0.05) is 200 Å². The Kier molecular flexibility index (Phi) is 8.48. The van der Waals surface area contributed by atoms with Crippen molar-refractivity contribution in [1.29, 1.82) is 0 Å². The molecule has 12 aromatic rings. The summed E-state index contributed by atoms with van der Waals surface area (Å²) in [5, 5.41) is 4.94. The zero-order chi connectivity index (χ0) is 44.7. The van der Waals surface area contributed by atoms with Crippen molar-refractivity contribution in [1.82, 2.24) is 29.9 Å². The Hall–Kier alpha value is -9.26. The van der Waals surface area contributed by atoms with Crippen LogP contribution < -0.4 is 0 Å². The molecule has 0 atom stereocenters. The molecule has 2 heterocycles. The van der Waals surface area contributed by atoms with E-state index in [1.165, 1.54) is 66.1 Å². The molecule has 0 bridgehead atoms. The third-order valence-corrected chi connectivity index (χ3v) is 13.5. The predicted molar refractivity (Wildman–Crippen MR) is 275 cm³/mol. The average Bonchev–Trinajstić information content (AvgIpc) is 3.93. The summed E-state index contributed by atoms with van der Waals surface area (Å²) in [4.78, 5) is 30.9. The lowest BCUT2D eigenvalue weighted by molar-refractivity contribution is 1.00. The van der Waals surface area contributed by atoms with E-state index in [-0.39, 0.29) is 0 Å². The van der Waals surface area contributed by atoms with Crippen LogP contribution in [0.5, 0.6) is 0 Å². The van der Waals surface area contributed by atoms with Crippen LogP contribution in [0.15, 0.2) is 218 Å². The summed E-state index contributed by atoms with van der Waals surface area (Å²) in [7, 11) is 0. The molecule has 2 aliphatic carbocycles. The first-order valence-corrected chi connectivity index (χ1v) is 22.9. The minimum Gasteiger partial charge on any atom is -0.208 e. The Labute approximate surface area is 392 Å². The third kappa shape index (κ3) is 6.05. The highest BCUT2D eigenvalue weighted by Crippen LogP contribution is 2.52. The zero-order valence-corrected chi connectivity index (χ0v) is 36.5. The number of rotatable bonds is 7. The summed E-state index contributed by atoms with van der Waals surface area (Å²) >= 11 is 0. The van der Waals surface area contributed by atoms with Gasteiger partial charge in [0.05, 0.1) is 0 Å². The molecule has 6 heteroatoms. The number of benzene rings is 10. The molecule has 2 aliphatic rings. The van der Waals surface area contributed by atoms with E-state index in [0.717, 1.165) is 44.5 Å². The molecule has 0 fully saturated rings. The maximum Gasteiger partial charge on any atom is 0.202 e. The summed E-state index contributed by atoms with van der Waals surface area (Å²) in [5.74, 6) is 2.80. The van der Waals surface area contributed by atoms with E-state index in [2.05, 4.69) is 127 Å². The van der Waals surface area contributed by atoms with Gasteiger partial charge in [0, 0.05) is 22.3 Å². The highest BCUT2D eigenvalue weighted by molar-refractivity contribution is 6.20. The molecule has 2 aromatic heterocycles. The van der Waals surface area contributed by atoms with Crippen molar-refractivity contribution in [3.8, 4) is 124 Å². The van der Waals surface area contributed by atoms with Crippen LogP contribution in [0.3, 0.4) is 0 Å². The first-order valence-electron chi connectivity index (χ1n) is 22.9. The van der Waals surface area contributed by atoms with Crippen molar-refractivity contribution in [3.63, 3.8) is 0 Å². The maximum atomic E-state index is 5.32. The van der Waals surface area contributed by atoms with Crippen molar-refractivity contribution in [2.24, 2.45) is 0 Å². The molecule has 0 N–H and O–H groups in total. The highest BCUT2D eigenvalue weighted by Gasteiger charge is 2.26. The largest absolute Gasteiger partial charge is 0.208 e. The molecule has 68 heavy (non-hydrogen) atoms. The lowest BCUT2D eigenvalue weighted by Crippen LogP contribution is -2.05. The third-order valence-electron chi connectivity index (χ3n) is 13.5. The monoisotopic (exact) mass is 864 g/mol. The predicted octanol–water partition coefficient (Wildman–Crippen LogP) is 15.3. The van der Waals surface area contributed by atoms with Crippen LogP contribution in [0.25, 0.3) is 146 Å². The molecule has 314 valence electrons. The lowest BCUT2D eigenvalue weighted by Gasteiger charge is -2.16. The van der Waals surface area contributed by atoms with Crippen molar-refractivity contribution in [3.05, 3.63) is 218 Å². The normalized spacial score (nSPS) is 11.8. The Bertz CT molecular complexity index is 3750. The molecule has 0 saturated heterocycles. The summed E-state index contributed by atoms with van der Waals surface area (Å²) < 4.78 is 0. The van der Waals surface area contributed by atoms with Gasteiger partial charge in [-0.25, -0.2) is 29.9 Å². The van der Waals surface area contributed by atoms with Crippen LogP contribution in [-0.4, -0.2) is 29.9 Å². The van der Waals surface area contributed by atoms with Crippen molar-refractivity contribution < 1.29 is 0 Å². The second-order valence-corrected chi connectivity index (χ2v) is 17.4. The highest BCUT2D eigenvalue weighted by atomic mass is 15.1. The summed E-state index contributed by atoms with van der Waals surface area (Å²) in [5.41, 5.74) is 17.9. The van der Waals surface area contributed by atoms with E-state index in [9.17, 15) is 0 Å². The summed E-state index contributed by atoms with van der Waals surface area (Å²) in [6.07, 6.45) is 0. The molecule has 0 amide bonds. The van der Waals surface area contributed by atoms with Crippen LogP contribution in [0.2, 0.25) is 0 Å². The molecule has 10 aromatic carbocycles. The first-order chi connectivity index (χ1) is 33.7. The SMILES string of the molecule is c1ccc(-c2nc(-c3ccccc3)nc(-c3nc(-c4ccccc4)nc(-c4cc(-c5ccc6c7c(cccc57)-c5ccccc5-6)cc(-c5ccc6c7c(cccc57)-c5ccccc5-6)c4)n3)n2)cc1. The van der Waals surface area contributed by atoms with Crippen molar-refractivity contribution in [2.45, 2.75) is 0 Å². The van der Waals surface area contributed by atoms with Crippen LogP contribution in [0.4, 0.5) is 0 Å². The molecule has 0 aliphatic heterocycles. The second-order valence-electron chi connectivity index (χ2n) is 17.4. The molecule has 0 saturated carbocycles. The minimum absolute atomic E-state index is 0.351. The fourth-order valence-corrected chi connectivity index (χ4v) is 10.4. The first kappa shape index (κ1) is 38.1. The van der Waals surface area contributed by atoms with Crippen LogP contribution in [0, 0.1) is 0 Å². The van der Waals surface area contributed by atoms with E-state index in [0.29, 0.717) is 34.9 Å². The van der Waals surface area contributed by atoms with E-state index < -0.39 is 0 Å². The Balaban J connectivity index is 1.03. The van der Waals surface area contributed by atoms with Gasteiger partial charge in [-0.2, -0.15) is 0 Å². The van der Waals surface area contributed by atoms with Gasteiger partial charge in [0.15, 0.2) is 23.3 Å². The molecular weight excluding hydrogens is 829 g/mol. The molecule has 0 unspecified atom stereocenters. The summed E-state index contributed by atoms with van der Waals surface area (Å²) in [6, 6.07) is 76.8. The average molecular weight is 865 g/mol. The van der Waals surface area contributed by atoms with Crippen LogP contribution >= 0.6 is 0 Å². The lowest BCUT2D eigenvalue weighted by atomic mass is 9.89. The second kappa shape index (κ2) is 15.2. The van der Waals surface area contributed by atoms with Crippen molar-refractivity contribution in [2.75, 3.05) is 0 Å². The van der Waals surface area contributed by atoms with E-state index in [1.807, 2.05) is 91.0 Å². The van der Waals surface area contributed by atoms with E-state index in [4.69, 9.17) is 29.9 Å². The number of aromatic nitrogens is 6. The van der Waals surface area contributed by atoms with E-state index >= 15 is 0 Å². The standard InChI is InChI=1S/C62H36N6/c1-4-16-37(17-5-1)57-63-58(38-18-6-2-7-19-38)66-61(65-57)62-67-59(39-20-8-3-9-21-39)64-60(68-62)42-35-40(43-30-32-53-47-24-12-10-22-45(47)51-28-14-26-49(43)55(51)53)34-41(36-42)44-31-33-54-48-25-13-11-23-46(48)52-29-15-27-50(44)56(52)54/h1-36H. The summed E-state index contributed by atoms with van der Waals surface area (Å²) in [6.45, 7) is 0. The van der Waals surface area contributed by atoms with Gasteiger partial charge in [-0.05, 0) is 107 Å². The number of hydrogen-bond acceptors (Lipinski definition) is 6. The van der Waals surface area contributed by atoms with Gasteiger partial charge >= 0.3 is 0 Å². The topological polar surface area (TPSA) is 77.3 Å². The van der Waals surface area contributed by atoms with Crippen molar-refractivity contribution >= 4 is 21.5 Å². The Morgan fingerprint density at radius 1 is 0.176 bits per heavy atom. The Morgan fingerprint density at radius 2 is 0.456 bits per heavy atom. The smallest absolute Gasteiger partial charge is 0.202 e. The number of fused-ring (bicyclic) bond motifs is 6. The fraction of sp³-hybridized carbons (Fsp3) is 0. The zero-order valence-electron chi connectivity index (χ0n) is 36.5. The maximum absolute atomic E-state index is 5.32.